The summed E-state index contributed by atoms with van der Waals surface area (Å²) in [5.41, 5.74) is 9.87. The molecule has 0 radical (unpaired) electrons. The first kappa shape index (κ1) is 21.4. The van der Waals surface area contributed by atoms with Gasteiger partial charge in [-0.1, -0.05) is 24.3 Å². The van der Waals surface area contributed by atoms with Gasteiger partial charge in [0.25, 0.3) is 0 Å². The van der Waals surface area contributed by atoms with Gasteiger partial charge in [-0.25, -0.2) is 13.6 Å². The molecule has 2 rings (SSSR count). The van der Waals surface area contributed by atoms with E-state index in [9.17, 15) is 8.42 Å². The van der Waals surface area contributed by atoms with Crippen molar-refractivity contribution in [2.75, 3.05) is 24.5 Å². The van der Waals surface area contributed by atoms with Gasteiger partial charge < -0.3 is 16.2 Å². The van der Waals surface area contributed by atoms with Gasteiger partial charge in [0.1, 0.15) is 0 Å². The minimum atomic E-state index is -3.68. The van der Waals surface area contributed by atoms with Crippen molar-refractivity contribution in [2.45, 2.75) is 11.3 Å². The first-order valence-electron chi connectivity index (χ1n) is 7.52. The predicted octanol–water partition coefficient (Wildman–Crippen LogP) is 0.713. The number of aliphatic hydroxyl groups is 1. The molecule has 0 aliphatic rings. The summed E-state index contributed by atoms with van der Waals surface area (Å²) in [5, 5.41) is 23.9. The minimum Gasteiger partial charge on any atom is -0.400 e. The minimum absolute atomic E-state index is 0.0732. The van der Waals surface area contributed by atoms with Crippen molar-refractivity contribution in [1.82, 2.24) is 0 Å². The van der Waals surface area contributed by atoms with E-state index >= 15 is 0 Å². The molecule has 26 heavy (non-hydrogen) atoms. The Bertz CT molecular complexity index is 823. The Balaban J connectivity index is 0.00000163. The summed E-state index contributed by atoms with van der Waals surface area (Å²) in [6, 6.07) is 13.3. The third-order valence-electron chi connectivity index (χ3n) is 3.24. The van der Waals surface area contributed by atoms with Gasteiger partial charge >= 0.3 is 0 Å². The van der Waals surface area contributed by atoms with Crippen LogP contribution in [-0.4, -0.2) is 38.3 Å². The van der Waals surface area contributed by atoms with Crippen LogP contribution in [0, 0.1) is 0 Å². The van der Waals surface area contributed by atoms with Crippen molar-refractivity contribution in [3.63, 3.8) is 0 Å². The van der Waals surface area contributed by atoms with E-state index in [-0.39, 0.29) is 10.9 Å². The van der Waals surface area contributed by atoms with Crippen molar-refractivity contribution in [3.05, 3.63) is 54.1 Å². The summed E-state index contributed by atoms with van der Waals surface area (Å²) >= 11 is 0. The molecule has 0 unspecified atom stereocenters. The van der Waals surface area contributed by atoms with Gasteiger partial charge in [0, 0.05) is 13.7 Å². The number of sulfonamides is 1. The van der Waals surface area contributed by atoms with E-state index < -0.39 is 10.0 Å². The van der Waals surface area contributed by atoms with Gasteiger partial charge in [0.2, 0.25) is 10.0 Å². The number of hydrogen-bond acceptors (Lipinski definition) is 6. The van der Waals surface area contributed by atoms with E-state index in [2.05, 4.69) is 15.8 Å². The second-order valence-electron chi connectivity index (χ2n) is 4.99. The van der Waals surface area contributed by atoms with Crippen molar-refractivity contribution in [2.24, 2.45) is 15.9 Å². The van der Waals surface area contributed by atoms with Crippen molar-refractivity contribution < 1.29 is 18.7 Å². The van der Waals surface area contributed by atoms with Gasteiger partial charge in [-0.05, 0) is 36.2 Å². The van der Waals surface area contributed by atoms with Crippen molar-refractivity contribution in [1.29, 1.82) is 0 Å². The molecular weight excluding hydrogens is 358 g/mol. The molecule has 10 heteroatoms. The topological polar surface area (TPSA) is 163 Å². The van der Waals surface area contributed by atoms with E-state index in [1.807, 2.05) is 0 Å². The van der Waals surface area contributed by atoms with Gasteiger partial charge in [0.05, 0.1) is 16.3 Å². The fourth-order valence-electron chi connectivity index (χ4n) is 2.02. The summed E-state index contributed by atoms with van der Waals surface area (Å²) in [5.74, 6) is 0.207. The average molecular weight is 381 g/mol. The highest BCUT2D eigenvalue weighted by Gasteiger charge is 2.06. The molecule has 2 aromatic carbocycles. The Labute approximate surface area is 152 Å². The van der Waals surface area contributed by atoms with Crippen LogP contribution >= 0.6 is 0 Å². The predicted molar refractivity (Wildman–Crippen MR) is 102 cm³/mol. The molecule has 0 spiro atoms. The lowest BCUT2D eigenvalue weighted by Crippen LogP contribution is -2.23. The highest BCUT2D eigenvalue weighted by atomic mass is 32.2. The van der Waals surface area contributed by atoms with Gasteiger partial charge in [-0.15, -0.1) is 0 Å². The van der Waals surface area contributed by atoms with E-state index in [1.54, 1.807) is 36.4 Å². The molecular formula is C16H23N5O4S. The zero-order valence-corrected chi connectivity index (χ0v) is 15.1. The Morgan fingerprint density at radius 1 is 1.08 bits per heavy atom. The van der Waals surface area contributed by atoms with Crippen molar-refractivity contribution >= 4 is 27.4 Å². The number of rotatable bonds is 6. The quantitative estimate of drug-likeness (QED) is 0.244. The lowest BCUT2D eigenvalue weighted by molar-refractivity contribution is 0.389. The largest absolute Gasteiger partial charge is 0.400 e. The zero-order chi connectivity index (χ0) is 19.6. The Morgan fingerprint density at radius 3 is 2.19 bits per heavy atom. The molecule has 142 valence electrons. The van der Waals surface area contributed by atoms with E-state index in [4.69, 9.17) is 21.2 Å². The molecule has 9 nitrogen and oxygen atoms in total. The fourth-order valence-corrected chi connectivity index (χ4v) is 2.53. The first-order valence-corrected chi connectivity index (χ1v) is 9.07. The lowest BCUT2D eigenvalue weighted by atomic mass is 10.1. The van der Waals surface area contributed by atoms with E-state index in [0.29, 0.717) is 24.3 Å². The molecule has 2 aromatic rings. The summed E-state index contributed by atoms with van der Waals surface area (Å²) < 4.78 is 22.4. The normalized spacial score (nSPS) is 11.3. The smallest absolute Gasteiger partial charge is 0.238 e. The molecule has 0 saturated heterocycles. The highest BCUT2D eigenvalue weighted by Crippen LogP contribution is 2.19. The number of hydrogen-bond donors (Lipinski definition) is 6. The molecule has 0 saturated carbocycles. The number of nitrogens with zero attached hydrogens (tertiary/aromatic N) is 1. The van der Waals surface area contributed by atoms with Crippen LogP contribution in [0.15, 0.2) is 58.4 Å². The molecule has 8 N–H and O–H groups in total. The first-order chi connectivity index (χ1) is 12.4. The van der Waals surface area contributed by atoms with Gasteiger partial charge in [0.15, 0.2) is 5.96 Å². The number of benzene rings is 2. The van der Waals surface area contributed by atoms with Crippen molar-refractivity contribution in [3.8, 4) is 0 Å². The number of para-hydroxylation sites is 2. The van der Waals surface area contributed by atoms with E-state index in [0.717, 1.165) is 12.7 Å². The van der Waals surface area contributed by atoms with Crippen LogP contribution in [0.1, 0.15) is 5.56 Å². The number of nitrogens with two attached hydrogens (primary N) is 2. The summed E-state index contributed by atoms with van der Waals surface area (Å²) in [4.78, 5) is 4.27. The number of guanidine groups is 1. The Hall–Kier alpha value is -2.66. The van der Waals surface area contributed by atoms with Gasteiger partial charge in [-0.3, -0.25) is 15.7 Å². The molecule has 0 fully saturated rings. The third-order valence-corrected chi connectivity index (χ3v) is 4.17. The van der Waals surface area contributed by atoms with Crippen LogP contribution < -0.4 is 21.7 Å². The molecule has 0 aromatic heterocycles. The third kappa shape index (κ3) is 6.69. The summed E-state index contributed by atoms with van der Waals surface area (Å²) in [7, 11) is -2.68. The van der Waals surface area contributed by atoms with Crippen LogP contribution in [0.2, 0.25) is 0 Å². The molecule has 0 aliphatic carbocycles. The monoisotopic (exact) mass is 381 g/mol. The van der Waals surface area contributed by atoms with Crippen LogP contribution in [0.25, 0.3) is 0 Å². The molecule has 0 aliphatic heterocycles. The Morgan fingerprint density at radius 2 is 1.65 bits per heavy atom. The SMILES string of the molecule is CO.NC(=NCCc1ccc(S(N)(=O)=O)cc1)Nc1ccccc1NO. The van der Waals surface area contributed by atoms with Crippen LogP contribution in [0.4, 0.5) is 11.4 Å². The maximum Gasteiger partial charge on any atom is 0.238 e. The average Bonchev–Trinajstić information content (AvgIpc) is 2.63. The standard InChI is InChI=1S/C15H19N5O3S.CH4O/c16-15(19-13-3-1-2-4-14(13)20-21)18-10-9-11-5-7-12(8-6-11)24(17,22)23;1-2/h1-8,20-21H,9-10H2,(H3,16,18,19)(H2,17,22,23);2H,1H3. The zero-order valence-electron chi connectivity index (χ0n) is 14.3. The van der Waals surface area contributed by atoms with Crippen LogP contribution in [0.3, 0.4) is 0 Å². The molecule has 0 amide bonds. The van der Waals surface area contributed by atoms with Crippen LogP contribution in [0.5, 0.6) is 0 Å². The number of aliphatic hydroxyl groups excluding tert-OH is 1. The highest BCUT2D eigenvalue weighted by molar-refractivity contribution is 7.89. The number of nitrogens with one attached hydrogen (secondary N) is 2. The maximum absolute atomic E-state index is 11.2. The second kappa shape index (κ2) is 10.4. The summed E-state index contributed by atoms with van der Waals surface area (Å²) in [6.07, 6.45) is 0.590. The number of anilines is 2. The van der Waals surface area contributed by atoms with E-state index in [1.165, 1.54) is 12.1 Å². The molecule has 0 atom stereocenters. The molecule has 0 heterocycles. The van der Waals surface area contributed by atoms with Crippen LogP contribution in [-0.2, 0) is 16.4 Å². The summed E-state index contributed by atoms with van der Waals surface area (Å²) in [6.45, 7) is 0.419. The molecule has 0 bridgehead atoms. The lowest BCUT2D eigenvalue weighted by Gasteiger charge is -2.10. The maximum atomic E-state index is 11.2. The fraction of sp³-hybridized carbons (Fsp3) is 0.188. The number of primary sulfonamides is 1. The Kier molecular flexibility index (Phi) is 8.52. The number of aliphatic imine (C=N–C) groups is 1. The second-order valence-corrected chi connectivity index (χ2v) is 6.55. The van der Waals surface area contributed by atoms with Gasteiger partial charge in [-0.2, -0.15) is 0 Å².